The summed E-state index contributed by atoms with van der Waals surface area (Å²) in [5, 5.41) is 14.1. The molecule has 1 amide bonds. The fourth-order valence-electron chi connectivity index (χ4n) is 2.74. The van der Waals surface area contributed by atoms with Crippen LogP contribution in [-0.2, 0) is 4.74 Å². The minimum absolute atomic E-state index is 0.0136. The molecule has 9 heteroatoms. The maximum absolute atomic E-state index is 12.1. The molecule has 1 aromatic heterocycles. The molecule has 9 nitrogen and oxygen atoms in total. The number of likely N-dealkylation sites (tertiary alicyclic amines) is 1. The summed E-state index contributed by atoms with van der Waals surface area (Å²) in [4.78, 5) is 31.6. The van der Waals surface area contributed by atoms with Crippen LogP contribution >= 0.6 is 0 Å². The first-order chi connectivity index (χ1) is 11.7. The second-order valence-electron chi connectivity index (χ2n) is 7.10. The molecule has 2 heterocycles. The minimum Gasteiger partial charge on any atom is -0.444 e. The van der Waals surface area contributed by atoms with E-state index in [1.165, 1.54) is 12.1 Å². The van der Waals surface area contributed by atoms with E-state index in [4.69, 9.17) is 4.74 Å². The Bertz CT molecular complexity index is 810. The number of nitro benzene ring substituents is 1. The third-order valence-electron chi connectivity index (χ3n) is 3.86. The first kappa shape index (κ1) is 17.0. The van der Waals surface area contributed by atoms with E-state index < -0.39 is 10.5 Å². The molecule has 3 rings (SSSR count). The van der Waals surface area contributed by atoms with Gasteiger partial charge in [0.15, 0.2) is 0 Å². The number of aromatic nitrogens is 2. The maximum atomic E-state index is 12.1. The zero-order valence-electron chi connectivity index (χ0n) is 14.4. The first-order valence-corrected chi connectivity index (χ1v) is 8.10. The summed E-state index contributed by atoms with van der Waals surface area (Å²) in [5.74, 6) is 0.534. The summed E-state index contributed by atoms with van der Waals surface area (Å²) in [7, 11) is 0. The molecule has 0 bridgehead atoms. The fourth-order valence-corrected chi connectivity index (χ4v) is 2.74. The molecule has 0 unspecified atom stereocenters. The summed E-state index contributed by atoms with van der Waals surface area (Å²) >= 11 is 0. The van der Waals surface area contributed by atoms with Crippen molar-refractivity contribution in [3.05, 3.63) is 28.3 Å². The van der Waals surface area contributed by atoms with E-state index >= 15 is 0 Å². The SMILES string of the molecule is CC(C)(C)OC(=O)N1CC[C@H](Nc2nc3ccc([N+](=O)[O-])cc3[nH]2)C1. The van der Waals surface area contributed by atoms with Gasteiger partial charge in [-0.3, -0.25) is 10.1 Å². The third-order valence-corrected chi connectivity index (χ3v) is 3.86. The summed E-state index contributed by atoms with van der Waals surface area (Å²) in [6.45, 7) is 6.64. The molecule has 1 saturated heterocycles. The Hall–Kier alpha value is -2.84. The van der Waals surface area contributed by atoms with Gasteiger partial charge < -0.3 is 19.9 Å². The Morgan fingerprint density at radius 2 is 2.24 bits per heavy atom. The average Bonchev–Trinajstić information content (AvgIpc) is 3.11. The summed E-state index contributed by atoms with van der Waals surface area (Å²) in [6.07, 6.45) is 0.452. The van der Waals surface area contributed by atoms with E-state index in [1.54, 1.807) is 11.0 Å². The fraction of sp³-hybridized carbons (Fsp3) is 0.500. The number of nitro groups is 1. The van der Waals surface area contributed by atoms with Crippen molar-refractivity contribution in [2.24, 2.45) is 0 Å². The smallest absolute Gasteiger partial charge is 0.410 e. The molecule has 1 aromatic carbocycles. The standard InChI is InChI=1S/C16H21N5O4/c1-16(2,3)25-15(22)20-7-6-10(9-20)17-14-18-12-5-4-11(21(23)24)8-13(12)19-14/h4-5,8,10H,6-7,9H2,1-3H3,(H2,17,18,19)/t10-/m0/s1. The van der Waals surface area contributed by atoms with E-state index in [1.807, 2.05) is 20.8 Å². The number of nitrogens with one attached hydrogen (secondary N) is 2. The van der Waals surface area contributed by atoms with Crippen molar-refractivity contribution < 1.29 is 14.5 Å². The minimum atomic E-state index is -0.518. The molecule has 0 aliphatic carbocycles. The van der Waals surface area contributed by atoms with Crippen molar-refractivity contribution in [3.63, 3.8) is 0 Å². The molecule has 1 atom stereocenters. The van der Waals surface area contributed by atoms with Crippen molar-refractivity contribution in [2.45, 2.75) is 38.8 Å². The van der Waals surface area contributed by atoms with Crippen LogP contribution in [0.15, 0.2) is 18.2 Å². The molecule has 25 heavy (non-hydrogen) atoms. The number of fused-ring (bicyclic) bond motifs is 1. The van der Waals surface area contributed by atoms with Crippen LogP contribution in [0, 0.1) is 10.1 Å². The highest BCUT2D eigenvalue weighted by Gasteiger charge is 2.30. The van der Waals surface area contributed by atoms with Gasteiger partial charge in [-0.1, -0.05) is 0 Å². The van der Waals surface area contributed by atoms with E-state index in [2.05, 4.69) is 15.3 Å². The van der Waals surface area contributed by atoms with Crippen molar-refractivity contribution in [1.82, 2.24) is 14.9 Å². The zero-order chi connectivity index (χ0) is 18.2. The molecule has 134 valence electrons. The van der Waals surface area contributed by atoms with Gasteiger partial charge in [-0.25, -0.2) is 9.78 Å². The Labute approximate surface area is 144 Å². The van der Waals surface area contributed by atoms with Crippen molar-refractivity contribution >= 4 is 28.8 Å². The number of benzene rings is 1. The number of aromatic amines is 1. The molecule has 1 aliphatic rings. The highest BCUT2D eigenvalue weighted by atomic mass is 16.6. The quantitative estimate of drug-likeness (QED) is 0.652. The van der Waals surface area contributed by atoms with Crippen LogP contribution in [0.3, 0.4) is 0 Å². The Morgan fingerprint density at radius 1 is 1.48 bits per heavy atom. The summed E-state index contributed by atoms with van der Waals surface area (Å²) in [6, 6.07) is 4.53. The lowest BCUT2D eigenvalue weighted by Gasteiger charge is -2.24. The number of imidazole rings is 1. The van der Waals surface area contributed by atoms with Crippen molar-refractivity contribution in [2.75, 3.05) is 18.4 Å². The first-order valence-electron chi connectivity index (χ1n) is 8.10. The molecular weight excluding hydrogens is 326 g/mol. The molecule has 2 N–H and O–H groups in total. The number of hydrogen-bond acceptors (Lipinski definition) is 6. The number of carbonyl (C=O) groups is 1. The molecule has 0 spiro atoms. The highest BCUT2D eigenvalue weighted by Crippen LogP contribution is 2.22. The van der Waals surface area contributed by atoms with Gasteiger partial charge in [-0.05, 0) is 33.3 Å². The van der Waals surface area contributed by atoms with Gasteiger partial charge >= 0.3 is 6.09 Å². The second-order valence-corrected chi connectivity index (χ2v) is 7.10. The lowest BCUT2D eigenvalue weighted by molar-refractivity contribution is -0.384. The third kappa shape index (κ3) is 3.98. The van der Waals surface area contributed by atoms with Crippen LogP contribution in [0.1, 0.15) is 27.2 Å². The van der Waals surface area contributed by atoms with Crippen molar-refractivity contribution in [3.8, 4) is 0 Å². The number of non-ortho nitro benzene ring substituents is 1. The van der Waals surface area contributed by atoms with Gasteiger partial charge in [0.25, 0.3) is 5.69 Å². The number of anilines is 1. The molecule has 1 fully saturated rings. The zero-order valence-corrected chi connectivity index (χ0v) is 14.4. The number of rotatable bonds is 3. The van der Waals surface area contributed by atoms with Gasteiger partial charge in [-0.15, -0.1) is 0 Å². The Morgan fingerprint density at radius 3 is 2.92 bits per heavy atom. The van der Waals surface area contributed by atoms with Crippen LogP contribution in [0.2, 0.25) is 0 Å². The molecule has 0 radical (unpaired) electrons. The van der Waals surface area contributed by atoms with E-state index in [-0.39, 0.29) is 17.8 Å². The summed E-state index contributed by atoms with van der Waals surface area (Å²) < 4.78 is 5.38. The number of amides is 1. The van der Waals surface area contributed by atoms with E-state index in [9.17, 15) is 14.9 Å². The van der Waals surface area contributed by atoms with E-state index in [0.29, 0.717) is 30.1 Å². The number of nitrogens with zero attached hydrogens (tertiary/aromatic N) is 3. The maximum Gasteiger partial charge on any atom is 0.410 e. The van der Waals surface area contributed by atoms with Gasteiger partial charge in [0.2, 0.25) is 5.95 Å². The van der Waals surface area contributed by atoms with Crippen LogP contribution in [-0.4, -0.2) is 50.6 Å². The van der Waals surface area contributed by atoms with Crippen LogP contribution in [0.25, 0.3) is 11.0 Å². The van der Waals surface area contributed by atoms with E-state index in [0.717, 1.165) is 6.42 Å². The van der Waals surface area contributed by atoms with Gasteiger partial charge in [0.05, 0.1) is 16.0 Å². The topological polar surface area (TPSA) is 113 Å². The van der Waals surface area contributed by atoms with Crippen LogP contribution < -0.4 is 5.32 Å². The van der Waals surface area contributed by atoms with Crippen LogP contribution in [0.5, 0.6) is 0 Å². The predicted octanol–water partition coefficient (Wildman–Crippen LogP) is 2.89. The van der Waals surface area contributed by atoms with Gasteiger partial charge in [0.1, 0.15) is 5.60 Å². The summed E-state index contributed by atoms with van der Waals surface area (Å²) in [5.41, 5.74) is 0.740. The number of carbonyl (C=O) groups excluding carboxylic acids is 1. The van der Waals surface area contributed by atoms with Crippen LogP contribution in [0.4, 0.5) is 16.4 Å². The predicted molar refractivity (Wildman–Crippen MR) is 92.6 cm³/mol. The van der Waals surface area contributed by atoms with Crippen molar-refractivity contribution in [1.29, 1.82) is 0 Å². The second kappa shape index (κ2) is 6.23. The number of hydrogen-bond donors (Lipinski definition) is 2. The molecule has 2 aromatic rings. The molecular formula is C16H21N5O4. The Balaban J connectivity index is 1.64. The molecule has 0 saturated carbocycles. The largest absolute Gasteiger partial charge is 0.444 e. The number of H-pyrrole nitrogens is 1. The normalized spacial score (nSPS) is 17.7. The average molecular weight is 347 g/mol. The number of ether oxygens (including phenoxy) is 1. The lowest BCUT2D eigenvalue weighted by Crippen LogP contribution is -2.36. The highest BCUT2D eigenvalue weighted by molar-refractivity contribution is 5.80. The lowest BCUT2D eigenvalue weighted by atomic mass is 10.2. The monoisotopic (exact) mass is 347 g/mol. The Kier molecular flexibility index (Phi) is 4.23. The van der Waals surface area contributed by atoms with Gasteiger partial charge in [0, 0.05) is 31.3 Å². The molecule has 1 aliphatic heterocycles. The van der Waals surface area contributed by atoms with Gasteiger partial charge in [-0.2, -0.15) is 0 Å².